The Morgan fingerprint density at radius 3 is 2.23 bits per heavy atom. The largest absolute Gasteiger partial charge is 0.493 e. The van der Waals surface area contributed by atoms with Gasteiger partial charge in [0.05, 0.1) is 35.5 Å². The minimum absolute atomic E-state index is 0.327. The lowest BCUT2D eigenvalue weighted by Gasteiger charge is -2.34. The molecule has 0 atom stereocenters. The highest BCUT2D eigenvalue weighted by Gasteiger charge is 2.31. The maximum atomic E-state index is 14.6. The van der Waals surface area contributed by atoms with Crippen LogP contribution in [0.2, 0.25) is 5.02 Å². The number of nitrogens with one attached hydrogen (secondary N) is 1. The summed E-state index contributed by atoms with van der Waals surface area (Å²) in [5.41, 5.74) is 6.97. The first-order valence-corrected chi connectivity index (χ1v) is 22.4. The maximum Gasteiger partial charge on any atom is 0.355 e. The quantitative estimate of drug-likeness (QED) is 0.0787. The molecule has 13 nitrogen and oxygen atoms in total. The molecular formula is C50H58ClN7O6. The van der Waals surface area contributed by atoms with E-state index < -0.39 is 11.6 Å². The van der Waals surface area contributed by atoms with Crippen LogP contribution < -0.4 is 9.47 Å². The minimum Gasteiger partial charge on any atom is -0.493 e. The van der Waals surface area contributed by atoms with E-state index in [2.05, 4.69) is 55.5 Å². The fraction of sp³-hybridized carbons (Fsp3) is 0.400. The topological polar surface area (TPSA) is 129 Å². The molecule has 14 heteroatoms. The Hall–Kier alpha value is -5.89. The third kappa shape index (κ3) is 9.20. The van der Waals surface area contributed by atoms with Gasteiger partial charge in [0.25, 0.3) is 0 Å². The molecule has 64 heavy (non-hydrogen) atoms. The Morgan fingerprint density at radius 2 is 1.52 bits per heavy atom. The van der Waals surface area contributed by atoms with Crippen LogP contribution in [-0.2, 0) is 29.5 Å². The van der Waals surface area contributed by atoms with Gasteiger partial charge in [-0.2, -0.15) is 5.10 Å². The SMILES string of the molecule is COC(=O)c1c(OCCN2CCN(CCn3c(C(=O)OC(C)(C)C)c(CCCOc4cccc5ccccc45)c4ccc(Cl)c(-c5c(C)nn(C)c5C)c43)CC2)ccc2[nH]c(C)nc12. The summed E-state index contributed by atoms with van der Waals surface area (Å²) in [4.78, 5) is 39.9. The number of aromatic amines is 1. The number of hydrogen-bond donors (Lipinski definition) is 1. The van der Waals surface area contributed by atoms with Crippen LogP contribution in [0.3, 0.4) is 0 Å². The predicted octanol–water partition coefficient (Wildman–Crippen LogP) is 9.10. The van der Waals surface area contributed by atoms with E-state index in [0.29, 0.717) is 79.1 Å². The first kappa shape index (κ1) is 44.7. The number of halogens is 1. The van der Waals surface area contributed by atoms with Crippen LogP contribution in [0.25, 0.3) is 43.8 Å². The Balaban J connectivity index is 1.04. The van der Waals surface area contributed by atoms with Gasteiger partial charge >= 0.3 is 11.9 Å². The third-order valence-electron chi connectivity index (χ3n) is 12.1. The highest BCUT2D eigenvalue weighted by Crippen LogP contribution is 2.42. The lowest BCUT2D eigenvalue weighted by atomic mass is 9.98. The molecule has 336 valence electrons. The zero-order valence-electron chi connectivity index (χ0n) is 38.1. The normalized spacial score (nSPS) is 13.9. The highest BCUT2D eigenvalue weighted by atomic mass is 35.5. The van der Waals surface area contributed by atoms with Crippen molar-refractivity contribution < 1.29 is 28.5 Å². The summed E-state index contributed by atoms with van der Waals surface area (Å²) < 4.78 is 27.9. The van der Waals surface area contributed by atoms with E-state index in [1.807, 2.05) is 82.7 Å². The van der Waals surface area contributed by atoms with Gasteiger partial charge in [0, 0.05) is 80.5 Å². The van der Waals surface area contributed by atoms with Gasteiger partial charge in [-0.3, -0.25) is 14.5 Å². The standard InChI is InChI=1S/C50H58ClN7O6/c1-31-42(32(2)55(7)54-31)43-38(51)19-18-37-36(16-12-29-62-40-17-11-14-34-13-9-10-15-35(34)40)47(49(60)64-50(4,5)6)58(46(37)43)27-26-56-22-24-57(25-23-56)28-30-63-41-21-20-39-45(53-33(3)52-39)44(41)48(59)61-8/h9-11,13-15,17-21H,12,16,22-30H2,1-8H3,(H,52,53). The van der Waals surface area contributed by atoms with E-state index in [1.165, 1.54) is 7.11 Å². The molecule has 4 aromatic carbocycles. The van der Waals surface area contributed by atoms with E-state index >= 15 is 0 Å². The number of benzene rings is 4. The number of esters is 2. The Kier molecular flexibility index (Phi) is 13.0. The summed E-state index contributed by atoms with van der Waals surface area (Å²) in [6.45, 7) is 17.8. The van der Waals surface area contributed by atoms with Crippen molar-refractivity contribution in [3.05, 3.63) is 106 Å². The number of fused-ring (bicyclic) bond motifs is 3. The number of imidazole rings is 1. The molecule has 0 saturated carbocycles. The summed E-state index contributed by atoms with van der Waals surface area (Å²) >= 11 is 7.22. The van der Waals surface area contributed by atoms with Gasteiger partial charge in [-0.15, -0.1) is 0 Å². The summed E-state index contributed by atoms with van der Waals surface area (Å²) in [7, 11) is 3.31. The number of aryl methyl sites for hydroxylation is 4. The molecule has 1 N–H and O–H groups in total. The number of carbonyl (C=O) groups is 2. The molecule has 3 aromatic heterocycles. The number of H-pyrrole nitrogens is 1. The molecule has 0 radical (unpaired) electrons. The maximum absolute atomic E-state index is 14.6. The van der Waals surface area contributed by atoms with Crippen LogP contribution in [0.1, 0.15) is 70.8 Å². The molecule has 1 saturated heterocycles. The van der Waals surface area contributed by atoms with Crippen LogP contribution in [0.15, 0.2) is 66.7 Å². The van der Waals surface area contributed by atoms with Crippen molar-refractivity contribution in [1.82, 2.24) is 34.1 Å². The number of hydrogen-bond acceptors (Lipinski definition) is 10. The Bertz CT molecular complexity index is 2840. The van der Waals surface area contributed by atoms with Crippen LogP contribution in [0.4, 0.5) is 0 Å². The second-order valence-corrected chi connectivity index (χ2v) is 18.0. The van der Waals surface area contributed by atoms with Gasteiger partial charge in [-0.1, -0.05) is 54.1 Å². The molecule has 0 spiro atoms. The van der Waals surface area contributed by atoms with Crippen molar-refractivity contribution in [1.29, 1.82) is 0 Å². The number of aromatic nitrogens is 5. The van der Waals surface area contributed by atoms with Gasteiger partial charge in [0.15, 0.2) is 0 Å². The van der Waals surface area contributed by atoms with Gasteiger partial charge in [0.1, 0.15) is 46.3 Å². The number of carbonyl (C=O) groups excluding carboxylic acids is 2. The number of ether oxygens (including phenoxy) is 4. The molecule has 0 aliphatic carbocycles. The molecule has 0 unspecified atom stereocenters. The first-order chi connectivity index (χ1) is 30.7. The Morgan fingerprint density at radius 1 is 0.797 bits per heavy atom. The van der Waals surface area contributed by atoms with Crippen molar-refractivity contribution in [2.24, 2.45) is 7.05 Å². The zero-order valence-corrected chi connectivity index (χ0v) is 38.9. The van der Waals surface area contributed by atoms with Gasteiger partial charge < -0.3 is 28.5 Å². The van der Waals surface area contributed by atoms with Crippen molar-refractivity contribution in [2.45, 2.75) is 66.5 Å². The monoisotopic (exact) mass is 887 g/mol. The van der Waals surface area contributed by atoms with Crippen molar-refractivity contribution in [3.8, 4) is 22.6 Å². The predicted molar refractivity (Wildman–Crippen MR) is 252 cm³/mol. The first-order valence-electron chi connectivity index (χ1n) is 22.1. The third-order valence-corrected chi connectivity index (χ3v) is 12.4. The van der Waals surface area contributed by atoms with Crippen LogP contribution in [0, 0.1) is 20.8 Å². The van der Waals surface area contributed by atoms with E-state index in [4.69, 9.17) is 35.6 Å². The van der Waals surface area contributed by atoms with Crippen molar-refractivity contribution >= 4 is 56.2 Å². The molecule has 8 rings (SSSR count). The zero-order chi connectivity index (χ0) is 45.3. The molecule has 1 aliphatic rings. The average Bonchev–Trinajstić information content (AvgIpc) is 3.89. The summed E-state index contributed by atoms with van der Waals surface area (Å²) in [6.07, 6.45) is 1.26. The minimum atomic E-state index is -0.713. The molecule has 1 aliphatic heterocycles. The molecular weight excluding hydrogens is 830 g/mol. The fourth-order valence-corrected chi connectivity index (χ4v) is 9.26. The second kappa shape index (κ2) is 18.7. The second-order valence-electron chi connectivity index (χ2n) is 17.6. The average molecular weight is 889 g/mol. The fourth-order valence-electron chi connectivity index (χ4n) is 9.02. The van der Waals surface area contributed by atoms with Crippen molar-refractivity contribution in [2.75, 3.05) is 59.6 Å². The van der Waals surface area contributed by atoms with E-state index in [-0.39, 0.29) is 5.97 Å². The molecule has 4 heterocycles. The summed E-state index contributed by atoms with van der Waals surface area (Å²) in [5.74, 6) is 1.16. The van der Waals surface area contributed by atoms with E-state index in [0.717, 1.165) is 87.2 Å². The van der Waals surface area contributed by atoms with Crippen LogP contribution in [0.5, 0.6) is 11.5 Å². The molecule has 0 bridgehead atoms. The lowest BCUT2D eigenvalue weighted by Crippen LogP contribution is -2.48. The number of methoxy groups -OCH3 is 1. The van der Waals surface area contributed by atoms with Crippen LogP contribution >= 0.6 is 11.6 Å². The van der Waals surface area contributed by atoms with Gasteiger partial charge in [0.2, 0.25) is 0 Å². The van der Waals surface area contributed by atoms with Crippen LogP contribution in [-0.4, -0.2) is 111 Å². The summed E-state index contributed by atoms with van der Waals surface area (Å²) in [5, 5.41) is 8.54. The number of piperazine rings is 1. The van der Waals surface area contributed by atoms with E-state index in [1.54, 1.807) is 6.07 Å². The van der Waals surface area contributed by atoms with Gasteiger partial charge in [-0.25, -0.2) is 14.6 Å². The lowest BCUT2D eigenvalue weighted by molar-refractivity contribution is 0.00557. The highest BCUT2D eigenvalue weighted by molar-refractivity contribution is 6.35. The van der Waals surface area contributed by atoms with Crippen molar-refractivity contribution in [3.63, 3.8) is 0 Å². The molecule has 1 fully saturated rings. The molecule has 0 amide bonds. The smallest absolute Gasteiger partial charge is 0.355 e. The number of rotatable bonds is 15. The summed E-state index contributed by atoms with van der Waals surface area (Å²) in [6, 6.07) is 22.0. The van der Waals surface area contributed by atoms with E-state index in [9.17, 15) is 9.59 Å². The Labute approximate surface area is 379 Å². The molecule has 7 aromatic rings. The number of nitrogens with zero attached hydrogens (tertiary/aromatic N) is 6. The van der Waals surface area contributed by atoms with Gasteiger partial charge in [-0.05, 0) is 89.6 Å².